The van der Waals surface area contributed by atoms with E-state index in [1.807, 2.05) is 48.1 Å². The van der Waals surface area contributed by atoms with Gasteiger partial charge in [0.25, 0.3) is 0 Å². The highest BCUT2D eigenvalue weighted by Crippen LogP contribution is 2.16. The first-order valence-electron chi connectivity index (χ1n) is 7.31. The number of nitrogens with zero attached hydrogens (tertiary/aromatic N) is 4. The second-order valence-electron chi connectivity index (χ2n) is 5.39. The zero-order chi connectivity index (χ0) is 15.4. The van der Waals surface area contributed by atoms with Crippen LogP contribution in [-0.4, -0.2) is 26.0 Å². The third-order valence-electron chi connectivity index (χ3n) is 3.37. The van der Waals surface area contributed by atoms with Gasteiger partial charge in [0.05, 0.1) is 13.1 Å². The molecule has 0 aliphatic rings. The molecule has 0 aliphatic carbocycles. The van der Waals surface area contributed by atoms with Crippen molar-refractivity contribution in [2.45, 2.75) is 33.0 Å². The number of nitrogens with one attached hydrogen (secondary N) is 1. The Morgan fingerprint density at radius 2 is 2.23 bits per heavy atom. The second-order valence-corrected chi connectivity index (χ2v) is 5.39. The zero-order valence-corrected chi connectivity index (χ0v) is 12.7. The van der Waals surface area contributed by atoms with E-state index in [0.29, 0.717) is 18.3 Å². The maximum absolute atomic E-state index is 5.30. The highest BCUT2D eigenvalue weighted by Gasteiger charge is 2.10. The number of rotatable bonds is 6. The molecule has 3 aromatic rings. The van der Waals surface area contributed by atoms with Crippen molar-refractivity contribution < 1.29 is 4.52 Å². The Morgan fingerprint density at radius 3 is 3.00 bits per heavy atom. The van der Waals surface area contributed by atoms with Gasteiger partial charge in [-0.2, -0.15) is 10.1 Å². The fraction of sp³-hybridized carbons (Fsp3) is 0.312. The summed E-state index contributed by atoms with van der Waals surface area (Å²) in [6.07, 6.45) is 3.72. The van der Waals surface area contributed by atoms with Crippen molar-refractivity contribution in [2.75, 3.05) is 0 Å². The molecule has 0 fully saturated rings. The van der Waals surface area contributed by atoms with E-state index in [-0.39, 0.29) is 6.04 Å². The highest BCUT2D eigenvalue weighted by molar-refractivity contribution is 5.55. The van der Waals surface area contributed by atoms with Gasteiger partial charge in [-0.25, -0.2) is 0 Å². The van der Waals surface area contributed by atoms with E-state index >= 15 is 0 Å². The molecule has 0 amide bonds. The molecule has 0 spiro atoms. The van der Waals surface area contributed by atoms with Crippen LogP contribution in [0, 0.1) is 6.92 Å². The molecule has 0 saturated heterocycles. The lowest BCUT2D eigenvalue weighted by Crippen LogP contribution is -2.30. The van der Waals surface area contributed by atoms with Crippen LogP contribution in [0.15, 0.2) is 47.2 Å². The Morgan fingerprint density at radius 1 is 1.32 bits per heavy atom. The van der Waals surface area contributed by atoms with E-state index in [2.05, 4.69) is 27.5 Å². The van der Waals surface area contributed by atoms with Crippen molar-refractivity contribution in [1.29, 1.82) is 0 Å². The average Bonchev–Trinajstić information content (AvgIpc) is 3.16. The van der Waals surface area contributed by atoms with Crippen LogP contribution in [0.2, 0.25) is 0 Å². The van der Waals surface area contributed by atoms with Crippen LogP contribution in [0.1, 0.15) is 18.4 Å². The number of benzene rings is 1. The summed E-state index contributed by atoms with van der Waals surface area (Å²) < 4.78 is 7.19. The van der Waals surface area contributed by atoms with Crippen LogP contribution >= 0.6 is 0 Å². The predicted molar refractivity (Wildman–Crippen MR) is 83.0 cm³/mol. The maximum Gasteiger partial charge on any atom is 0.240 e. The maximum atomic E-state index is 5.30. The number of aryl methyl sites for hydroxylation is 1. The Kier molecular flexibility index (Phi) is 4.29. The molecule has 0 saturated carbocycles. The molecular formula is C16H19N5O. The molecule has 22 heavy (non-hydrogen) atoms. The van der Waals surface area contributed by atoms with Gasteiger partial charge in [0, 0.05) is 24.0 Å². The minimum Gasteiger partial charge on any atom is -0.338 e. The topological polar surface area (TPSA) is 68.8 Å². The summed E-state index contributed by atoms with van der Waals surface area (Å²) in [6, 6.07) is 10.2. The normalized spacial score (nSPS) is 12.5. The molecule has 3 rings (SSSR count). The zero-order valence-electron chi connectivity index (χ0n) is 12.7. The monoisotopic (exact) mass is 297 g/mol. The van der Waals surface area contributed by atoms with Crippen molar-refractivity contribution in [3.63, 3.8) is 0 Å². The molecule has 1 atom stereocenters. The van der Waals surface area contributed by atoms with E-state index in [1.165, 1.54) is 5.56 Å². The Hall–Kier alpha value is -2.47. The highest BCUT2D eigenvalue weighted by atomic mass is 16.5. The fourth-order valence-electron chi connectivity index (χ4n) is 2.24. The Labute approximate surface area is 129 Å². The Balaban J connectivity index is 1.58. The van der Waals surface area contributed by atoms with Gasteiger partial charge in [-0.05, 0) is 26.0 Å². The summed E-state index contributed by atoms with van der Waals surface area (Å²) in [5.41, 5.74) is 2.15. The third kappa shape index (κ3) is 3.59. The molecule has 114 valence electrons. The van der Waals surface area contributed by atoms with E-state index in [0.717, 1.165) is 12.1 Å². The second kappa shape index (κ2) is 6.53. The summed E-state index contributed by atoms with van der Waals surface area (Å²) >= 11 is 0. The molecule has 1 N–H and O–H groups in total. The average molecular weight is 297 g/mol. The quantitative estimate of drug-likeness (QED) is 0.756. The molecule has 0 bridgehead atoms. The van der Waals surface area contributed by atoms with Gasteiger partial charge in [-0.15, -0.1) is 0 Å². The lowest BCUT2D eigenvalue weighted by atomic mass is 10.1. The molecule has 2 heterocycles. The first-order chi connectivity index (χ1) is 10.7. The molecule has 0 radical (unpaired) electrons. The van der Waals surface area contributed by atoms with E-state index < -0.39 is 0 Å². The molecule has 2 aromatic heterocycles. The lowest BCUT2D eigenvalue weighted by Gasteiger charge is -2.11. The summed E-state index contributed by atoms with van der Waals surface area (Å²) in [6.45, 7) is 5.48. The molecule has 0 aliphatic heterocycles. The van der Waals surface area contributed by atoms with Gasteiger partial charge < -0.3 is 9.84 Å². The van der Waals surface area contributed by atoms with Crippen LogP contribution in [0.3, 0.4) is 0 Å². The minimum atomic E-state index is 0.259. The van der Waals surface area contributed by atoms with Crippen molar-refractivity contribution in [2.24, 2.45) is 0 Å². The molecule has 1 unspecified atom stereocenters. The van der Waals surface area contributed by atoms with Gasteiger partial charge >= 0.3 is 0 Å². The van der Waals surface area contributed by atoms with Crippen LogP contribution < -0.4 is 5.32 Å². The van der Waals surface area contributed by atoms with Crippen molar-refractivity contribution in [3.8, 4) is 11.4 Å². The van der Waals surface area contributed by atoms with Crippen molar-refractivity contribution in [3.05, 3.63) is 54.2 Å². The van der Waals surface area contributed by atoms with Crippen LogP contribution in [0.4, 0.5) is 0 Å². The van der Waals surface area contributed by atoms with E-state index in [4.69, 9.17) is 4.52 Å². The summed E-state index contributed by atoms with van der Waals surface area (Å²) in [7, 11) is 0. The number of hydrogen-bond donors (Lipinski definition) is 1. The largest absolute Gasteiger partial charge is 0.338 e. The third-order valence-corrected chi connectivity index (χ3v) is 3.37. The first kappa shape index (κ1) is 14.5. The first-order valence-corrected chi connectivity index (χ1v) is 7.31. The summed E-state index contributed by atoms with van der Waals surface area (Å²) in [5, 5.41) is 11.6. The van der Waals surface area contributed by atoms with E-state index in [9.17, 15) is 0 Å². The predicted octanol–water partition coefficient (Wildman–Crippen LogP) is 2.42. The smallest absolute Gasteiger partial charge is 0.240 e. The summed E-state index contributed by atoms with van der Waals surface area (Å²) in [5.74, 6) is 1.21. The van der Waals surface area contributed by atoms with Crippen molar-refractivity contribution in [1.82, 2.24) is 25.2 Å². The van der Waals surface area contributed by atoms with E-state index in [1.54, 1.807) is 6.20 Å². The van der Waals surface area contributed by atoms with Crippen LogP contribution in [-0.2, 0) is 13.1 Å². The van der Waals surface area contributed by atoms with Crippen molar-refractivity contribution >= 4 is 0 Å². The van der Waals surface area contributed by atoms with Crippen LogP contribution in [0.5, 0.6) is 0 Å². The molecule has 6 heteroatoms. The molecule has 1 aromatic carbocycles. The number of hydrogen-bond acceptors (Lipinski definition) is 5. The van der Waals surface area contributed by atoms with Gasteiger partial charge in [-0.1, -0.05) is 28.9 Å². The van der Waals surface area contributed by atoms with Crippen LogP contribution in [0.25, 0.3) is 11.4 Å². The molecule has 6 nitrogen and oxygen atoms in total. The standard InChI is InChI=1S/C16H19N5O/c1-12-5-3-6-14(9-12)16-19-15(22-20-16)10-17-13(2)11-21-8-4-7-18-21/h3-9,13,17H,10-11H2,1-2H3. The van der Waals surface area contributed by atoms with Gasteiger partial charge in [0.2, 0.25) is 11.7 Å². The Bertz CT molecular complexity index is 720. The minimum absolute atomic E-state index is 0.259. The summed E-state index contributed by atoms with van der Waals surface area (Å²) in [4.78, 5) is 4.43. The van der Waals surface area contributed by atoms with Gasteiger partial charge in [0.15, 0.2) is 0 Å². The fourth-order valence-corrected chi connectivity index (χ4v) is 2.24. The molecular weight excluding hydrogens is 278 g/mol. The SMILES string of the molecule is Cc1cccc(-c2noc(CNC(C)Cn3cccn3)n2)c1. The van der Waals surface area contributed by atoms with Gasteiger partial charge in [0.1, 0.15) is 0 Å². The number of aromatic nitrogens is 4. The van der Waals surface area contributed by atoms with Gasteiger partial charge in [-0.3, -0.25) is 4.68 Å². The lowest BCUT2D eigenvalue weighted by molar-refractivity contribution is 0.350.